The van der Waals surface area contributed by atoms with Crippen molar-refractivity contribution in [1.82, 2.24) is 0 Å². The number of anilines is 3. The van der Waals surface area contributed by atoms with Gasteiger partial charge in [-0.3, -0.25) is 4.79 Å². The molecule has 4 nitrogen and oxygen atoms in total. The van der Waals surface area contributed by atoms with Crippen molar-refractivity contribution >= 4 is 61.1 Å². The van der Waals surface area contributed by atoms with Gasteiger partial charge in [-0.25, -0.2) is 0 Å². The number of methoxy groups -OCH3 is 1. The summed E-state index contributed by atoms with van der Waals surface area (Å²) in [6.45, 7) is 3.39. The number of hydrogen-bond donors (Lipinski definition) is 0. The molecule has 1 aromatic heterocycles. The van der Waals surface area contributed by atoms with Crippen LogP contribution in [0.4, 0.5) is 17.1 Å². The van der Waals surface area contributed by atoms with Crippen molar-refractivity contribution in [2.45, 2.75) is 13.8 Å². The first-order chi connectivity index (χ1) is 18.5. The van der Waals surface area contributed by atoms with Crippen LogP contribution in [0, 0.1) is 0 Å². The lowest BCUT2D eigenvalue weighted by Gasteiger charge is -2.26. The number of nitrogens with zero attached hydrogens (tertiary/aromatic N) is 1. The summed E-state index contributed by atoms with van der Waals surface area (Å²) in [5.74, 6) is 0.601. The standard InChI is InChI=1S/C34H27NO3/c1-22(36)34(23(2)37-3)26-14-13-25-20-28(16-15-24(25)19-26)35(27-9-5-4-6-10-27)29-17-18-33-31(21-29)30-11-7-8-12-32(30)38-33/h4-21H,1-3H3/b34-23+. The van der Waals surface area contributed by atoms with Gasteiger partial charge >= 0.3 is 0 Å². The number of carbonyl (C=O) groups excluding carboxylic acids is 1. The molecule has 6 aromatic rings. The zero-order valence-corrected chi connectivity index (χ0v) is 21.6. The number of ketones is 1. The van der Waals surface area contributed by atoms with Crippen molar-refractivity contribution in [2.24, 2.45) is 0 Å². The number of rotatable bonds is 6. The summed E-state index contributed by atoms with van der Waals surface area (Å²) in [4.78, 5) is 14.6. The molecule has 186 valence electrons. The van der Waals surface area contributed by atoms with Crippen LogP contribution in [0.5, 0.6) is 0 Å². The summed E-state index contributed by atoms with van der Waals surface area (Å²) in [5.41, 5.74) is 6.36. The molecule has 5 aromatic carbocycles. The zero-order chi connectivity index (χ0) is 26.2. The molecule has 0 unspecified atom stereocenters. The normalized spacial score (nSPS) is 12.1. The number of hydrogen-bond acceptors (Lipinski definition) is 4. The average Bonchev–Trinajstić information content (AvgIpc) is 3.32. The Hall–Kier alpha value is -4.83. The second kappa shape index (κ2) is 9.56. The average molecular weight is 498 g/mol. The fourth-order valence-corrected chi connectivity index (χ4v) is 5.16. The van der Waals surface area contributed by atoms with E-state index in [1.54, 1.807) is 14.0 Å². The molecule has 0 saturated carbocycles. The van der Waals surface area contributed by atoms with E-state index in [9.17, 15) is 4.79 Å². The first-order valence-electron chi connectivity index (χ1n) is 12.6. The number of benzene rings is 5. The number of ether oxygens (including phenoxy) is 1. The highest BCUT2D eigenvalue weighted by Crippen LogP contribution is 2.39. The van der Waals surface area contributed by atoms with E-state index in [0.29, 0.717) is 11.3 Å². The van der Waals surface area contributed by atoms with E-state index in [1.807, 2.05) is 43.3 Å². The Kier molecular flexibility index (Phi) is 5.93. The molecule has 0 bridgehead atoms. The SMILES string of the molecule is CO/C(C)=C(\C(C)=O)c1ccc2cc(N(c3ccccc3)c3ccc4oc5ccccc5c4c3)ccc2c1. The number of carbonyl (C=O) groups is 1. The molecule has 0 aliphatic heterocycles. The van der Waals surface area contributed by atoms with Crippen molar-refractivity contribution in [3.8, 4) is 0 Å². The highest BCUT2D eigenvalue weighted by Gasteiger charge is 2.17. The third-order valence-electron chi connectivity index (χ3n) is 7.01. The fraction of sp³-hybridized carbons (Fsp3) is 0.0882. The molecule has 4 heteroatoms. The van der Waals surface area contributed by atoms with Gasteiger partial charge in [0.2, 0.25) is 0 Å². The van der Waals surface area contributed by atoms with Crippen LogP contribution in [0.1, 0.15) is 19.4 Å². The number of allylic oxidation sites excluding steroid dienone is 2. The van der Waals surface area contributed by atoms with Crippen LogP contribution in [0.3, 0.4) is 0 Å². The van der Waals surface area contributed by atoms with E-state index >= 15 is 0 Å². The molecule has 0 fully saturated rings. The molecule has 1 heterocycles. The summed E-state index contributed by atoms with van der Waals surface area (Å²) < 4.78 is 11.5. The summed E-state index contributed by atoms with van der Waals surface area (Å²) in [6, 6.07) is 37.3. The van der Waals surface area contributed by atoms with Gasteiger partial charge in [-0.2, -0.15) is 0 Å². The molecule has 0 amide bonds. The summed E-state index contributed by atoms with van der Waals surface area (Å²) in [6.07, 6.45) is 0. The fourth-order valence-electron chi connectivity index (χ4n) is 5.16. The lowest BCUT2D eigenvalue weighted by Crippen LogP contribution is -2.09. The van der Waals surface area contributed by atoms with Crippen LogP contribution in [0.15, 0.2) is 119 Å². The molecule has 0 saturated heterocycles. The van der Waals surface area contributed by atoms with Crippen molar-refractivity contribution < 1.29 is 13.9 Å². The van der Waals surface area contributed by atoms with Crippen molar-refractivity contribution in [1.29, 1.82) is 0 Å². The van der Waals surface area contributed by atoms with Crippen LogP contribution in [0.2, 0.25) is 0 Å². The summed E-state index contributed by atoms with van der Waals surface area (Å²) >= 11 is 0. The van der Waals surface area contributed by atoms with Gasteiger partial charge in [0.1, 0.15) is 16.9 Å². The van der Waals surface area contributed by atoms with Crippen LogP contribution >= 0.6 is 0 Å². The Bertz CT molecular complexity index is 1850. The van der Waals surface area contributed by atoms with Crippen molar-refractivity contribution in [3.63, 3.8) is 0 Å². The predicted octanol–water partition coefficient (Wildman–Crippen LogP) is 9.18. The van der Waals surface area contributed by atoms with Crippen molar-refractivity contribution in [3.05, 3.63) is 121 Å². The molecule has 6 rings (SSSR count). The minimum atomic E-state index is -0.0160. The van der Waals surface area contributed by atoms with E-state index in [-0.39, 0.29) is 5.78 Å². The first-order valence-corrected chi connectivity index (χ1v) is 12.6. The molecular weight excluding hydrogens is 470 g/mol. The first kappa shape index (κ1) is 23.6. The smallest absolute Gasteiger partial charge is 0.163 e. The van der Waals surface area contributed by atoms with Crippen LogP contribution in [-0.2, 0) is 9.53 Å². The monoisotopic (exact) mass is 497 g/mol. The highest BCUT2D eigenvalue weighted by molar-refractivity contribution is 6.20. The third-order valence-corrected chi connectivity index (χ3v) is 7.01. The summed E-state index contributed by atoms with van der Waals surface area (Å²) in [5, 5.41) is 4.32. The molecule has 38 heavy (non-hydrogen) atoms. The maximum absolute atomic E-state index is 12.3. The zero-order valence-electron chi connectivity index (χ0n) is 21.6. The topological polar surface area (TPSA) is 42.7 Å². The molecule has 0 spiro atoms. The minimum Gasteiger partial charge on any atom is -0.501 e. The van der Waals surface area contributed by atoms with Crippen LogP contribution < -0.4 is 4.90 Å². The molecule has 0 aliphatic carbocycles. The Balaban J connectivity index is 1.50. The maximum atomic E-state index is 12.3. The Morgan fingerprint density at radius 3 is 2.11 bits per heavy atom. The molecule has 0 radical (unpaired) electrons. The molecule has 0 aliphatic rings. The second-order valence-electron chi connectivity index (χ2n) is 9.39. The van der Waals surface area contributed by atoms with E-state index < -0.39 is 0 Å². The van der Waals surface area contributed by atoms with Crippen molar-refractivity contribution in [2.75, 3.05) is 12.0 Å². The number of fused-ring (bicyclic) bond motifs is 4. The Morgan fingerprint density at radius 1 is 0.658 bits per heavy atom. The lowest BCUT2D eigenvalue weighted by molar-refractivity contribution is -0.111. The van der Waals surface area contributed by atoms with Gasteiger partial charge in [0.15, 0.2) is 5.78 Å². The van der Waals surface area contributed by atoms with Crippen LogP contribution in [0.25, 0.3) is 38.3 Å². The minimum absolute atomic E-state index is 0.0160. The maximum Gasteiger partial charge on any atom is 0.163 e. The van der Waals surface area contributed by atoms with E-state index in [4.69, 9.17) is 9.15 Å². The van der Waals surface area contributed by atoms with Gasteiger partial charge in [0.25, 0.3) is 0 Å². The Labute approximate surface area is 221 Å². The van der Waals surface area contributed by atoms with Gasteiger partial charge in [-0.1, -0.05) is 54.6 Å². The van der Waals surface area contributed by atoms with Gasteiger partial charge in [0.05, 0.1) is 12.7 Å². The molecular formula is C34H27NO3. The Morgan fingerprint density at radius 2 is 1.32 bits per heavy atom. The largest absolute Gasteiger partial charge is 0.501 e. The predicted molar refractivity (Wildman–Crippen MR) is 156 cm³/mol. The van der Waals surface area contributed by atoms with Gasteiger partial charge in [0, 0.05) is 27.8 Å². The number of Topliss-reactive ketones (excluding diaryl/α,β-unsaturated/α-hetero) is 1. The van der Waals surface area contributed by atoms with E-state index in [2.05, 4.69) is 77.7 Å². The number of para-hydroxylation sites is 2. The third kappa shape index (κ3) is 4.10. The highest BCUT2D eigenvalue weighted by atomic mass is 16.5. The van der Waals surface area contributed by atoms with E-state index in [0.717, 1.165) is 55.3 Å². The van der Waals surface area contributed by atoms with Gasteiger partial charge < -0.3 is 14.1 Å². The second-order valence-corrected chi connectivity index (χ2v) is 9.39. The van der Waals surface area contributed by atoms with Crippen LogP contribution in [-0.4, -0.2) is 12.9 Å². The number of furan rings is 1. The molecule has 0 atom stereocenters. The van der Waals surface area contributed by atoms with E-state index in [1.165, 1.54) is 0 Å². The van der Waals surface area contributed by atoms with Gasteiger partial charge in [-0.05, 0) is 84.8 Å². The molecule has 0 N–H and O–H groups in total. The summed E-state index contributed by atoms with van der Waals surface area (Å²) in [7, 11) is 1.59. The quantitative estimate of drug-likeness (QED) is 0.170. The van der Waals surface area contributed by atoms with Gasteiger partial charge in [-0.15, -0.1) is 0 Å². The lowest BCUT2D eigenvalue weighted by atomic mass is 9.97.